The molecule has 0 aliphatic carbocycles. The molecule has 0 aromatic heterocycles. The molecule has 2 unspecified atom stereocenters. The van der Waals surface area contributed by atoms with Gasteiger partial charge in [0.15, 0.2) is 0 Å². The van der Waals surface area contributed by atoms with Gasteiger partial charge in [-0.25, -0.2) is 0 Å². The van der Waals surface area contributed by atoms with Crippen molar-refractivity contribution in [2.24, 2.45) is 0 Å². The van der Waals surface area contributed by atoms with Gasteiger partial charge in [0.25, 0.3) is 0 Å². The average Bonchev–Trinajstić information content (AvgIpc) is 2.45. The van der Waals surface area contributed by atoms with E-state index in [4.69, 9.17) is 9.57 Å². The molecule has 1 aliphatic heterocycles. The summed E-state index contributed by atoms with van der Waals surface area (Å²) in [6.45, 7) is 3.54. The van der Waals surface area contributed by atoms with E-state index in [9.17, 15) is 0 Å². The van der Waals surface area contributed by atoms with Crippen LogP contribution in [0.2, 0.25) is 0 Å². The lowest BCUT2D eigenvalue weighted by Gasteiger charge is -2.10. The highest BCUT2D eigenvalue weighted by atomic mass is 32.2. The van der Waals surface area contributed by atoms with Crippen LogP contribution in [0.25, 0.3) is 0 Å². The molecule has 1 rings (SSSR count). The van der Waals surface area contributed by atoms with Crippen molar-refractivity contribution in [2.45, 2.75) is 24.6 Å². The SMILES string of the molecule is COCCONC1CSC(C)C1. The van der Waals surface area contributed by atoms with Crippen LogP contribution >= 0.6 is 11.8 Å². The molecule has 12 heavy (non-hydrogen) atoms. The lowest BCUT2D eigenvalue weighted by Crippen LogP contribution is -2.30. The first-order chi connectivity index (χ1) is 5.83. The van der Waals surface area contributed by atoms with Crippen LogP contribution in [-0.2, 0) is 9.57 Å². The normalized spacial score (nSPS) is 29.5. The number of nitrogens with one attached hydrogen (secondary N) is 1. The second kappa shape index (κ2) is 5.80. The summed E-state index contributed by atoms with van der Waals surface area (Å²) in [5.41, 5.74) is 3.05. The molecule has 0 bridgehead atoms. The maximum absolute atomic E-state index is 5.22. The van der Waals surface area contributed by atoms with E-state index in [0.717, 1.165) is 11.0 Å². The molecule has 3 nitrogen and oxygen atoms in total. The Morgan fingerprint density at radius 3 is 2.92 bits per heavy atom. The first kappa shape index (κ1) is 10.3. The van der Waals surface area contributed by atoms with Gasteiger partial charge >= 0.3 is 0 Å². The van der Waals surface area contributed by atoms with Crippen molar-refractivity contribution in [2.75, 3.05) is 26.1 Å². The largest absolute Gasteiger partial charge is 0.382 e. The molecule has 0 spiro atoms. The molecule has 0 amide bonds. The number of ether oxygens (including phenoxy) is 1. The van der Waals surface area contributed by atoms with Crippen molar-refractivity contribution in [3.05, 3.63) is 0 Å². The second-order valence-corrected chi connectivity index (χ2v) is 4.51. The maximum Gasteiger partial charge on any atom is 0.0916 e. The number of methoxy groups -OCH3 is 1. The van der Waals surface area contributed by atoms with Crippen LogP contribution in [0.1, 0.15) is 13.3 Å². The van der Waals surface area contributed by atoms with E-state index in [1.54, 1.807) is 7.11 Å². The smallest absolute Gasteiger partial charge is 0.0916 e. The fourth-order valence-electron chi connectivity index (χ4n) is 1.20. The number of rotatable bonds is 5. The fraction of sp³-hybridized carbons (Fsp3) is 1.00. The summed E-state index contributed by atoms with van der Waals surface area (Å²) in [4.78, 5) is 5.22. The third-order valence-corrected chi connectivity index (χ3v) is 3.19. The third-order valence-electron chi connectivity index (χ3n) is 1.84. The van der Waals surface area contributed by atoms with E-state index in [1.807, 2.05) is 11.8 Å². The van der Waals surface area contributed by atoms with Crippen molar-refractivity contribution in [1.29, 1.82) is 0 Å². The summed E-state index contributed by atoms with van der Waals surface area (Å²) in [5.74, 6) is 1.16. The van der Waals surface area contributed by atoms with Gasteiger partial charge in [-0.05, 0) is 6.42 Å². The highest BCUT2D eigenvalue weighted by Crippen LogP contribution is 2.25. The van der Waals surface area contributed by atoms with Crippen LogP contribution in [0.4, 0.5) is 0 Å². The van der Waals surface area contributed by atoms with Gasteiger partial charge in [0, 0.05) is 24.2 Å². The molecular formula is C8H17NO2S. The van der Waals surface area contributed by atoms with Gasteiger partial charge in [-0.1, -0.05) is 6.92 Å². The van der Waals surface area contributed by atoms with Crippen LogP contribution in [0.15, 0.2) is 0 Å². The van der Waals surface area contributed by atoms with Crippen LogP contribution in [0, 0.1) is 0 Å². The van der Waals surface area contributed by atoms with Gasteiger partial charge in [0.2, 0.25) is 0 Å². The van der Waals surface area contributed by atoms with E-state index in [0.29, 0.717) is 19.3 Å². The Bertz CT molecular complexity index is 124. The fourth-order valence-corrected chi connectivity index (χ4v) is 2.33. The Morgan fingerprint density at radius 1 is 1.50 bits per heavy atom. The van der Waals surface area contributed by atoms with Crippen molar-refractivity contribution >= 4 is 11.8 Å². The molecule has 0 saturated carbocycles. The zero-order valence-electron chi connectivity index (χ0n) is 7.71. The summed E-state index contributed by atoms with van der Waals surface area (Å²) >= 11 is 2.00. The first-order valence-corrected chi connectivity index (χ1v) is 5.35. The summed E-state index contributed by atoms with van der Waals surface area (Å²) in [6.07, 6.45) is 1.21. The third kappa shape index (κ3) is 3.76. The Kier molecular flexibility index (Phi) is 4.99. The Balaban J connectivity index is 1.93. The highest BCUT2D eigenvalue weighted by Gasteiger charge is 2.21. The molecule has 0 radical (unpaired) electrons. The molecule has 4 heteroatoms. The predicted molar refractivity (Wildman–Crippen MR) is 51.3 cm³/mol. The number of hydrogen-bond acceptors (Lipinski definition) is 4. The molecule has 1 fully saturated rings. The van der Waals surface area contributed by atoms with Crippen LogP contribution in [0.5, 0.6) is 0 Å². The predicted octanol–water partition coefficient (Wildman–Crippen LogP) is 1.05. The quantitative estimate of drug-likeness (QED) is 0.520. The monoisotopic (exact) mass is 191 g/mol. The minimum atomic E-state index is 0.529. The summed E-state index contributed by atoms with van der Waals surface area (Å²) in [6, 6.07) is 0.529. The van der Waals surface area contributed by atoms with Crippen LogP contribution in [0.3, 0.4) is 0 Å². The van der Waals surface area contributed by atoms with Crippen molar-refractivity contribution in [1.82, 2.24) is 5.48 Å². The molecule has 0 aromatic rings. The molecule has 1 saturated heterocycles. The van der Waals surface area contributed by atoms with Gasteiger partial charge in [0.1, 0.15) is 0 Å². The Morgan fingerprint density at radius 2 is 2.33 bits per heavy atom. The molecule has 0 aromatic carbocycles. The van der Waals surface area contributed by atoms with Crippen molar-refractivity contribution in [3.63, 3.8) is 0 Å². The minimum absolute atomic E-state index is 0.529. The number of hydroxylamine groups is 1. The lowest BCUT2D eigenvalue weighted by molar-refractivity contribution is -0.00802. The van der Waals surface area contributed by atoms with E-state index in [1.165, 1.54) is 6.42 Å². The topological polar surface area (TPSA) is 30.5 Å². The molecule has 2 atom stereocenters. The zero-order chi connectivity index (χ0) is 8.81. The van der Waals surface area contributed by atoms with E-state index < -0.39 is 0 Å². The Labute approximate surface area is 78.1 Å². The number of thioether (sulfide) groups is 1. The van der Waals surface area contributed by atoms with Crippen LogP contribution in [-0.4, -0.2) is 37.4 Å². The lowest BCUT2D eigenvalue weighted by atomic mass is 10.2. The molecular weight excluding hydrogens is 174 g/mol. The molecule has 72 valence electrons. The van der Waals surface area contributed by atoms with Gasteiger partial charge < -0.3 is 4.74 Å². The summed E-state index contributed by atoms with van der Waals surface area (Å²) < 4.78 is 4.86. The van der Waals surface area contributed by atoms with Gasteiger partial charge in [-0.15, -0.1) is 0 Å². The summed E-state index contributed by atoms with van der Waals surface area (Å²) in [5, 5.41) is 0.772. The zero-order valence-corrected chi connectivity index (χ0v) is 8.52. The van der Waals surface area contributed by atoms with E-state index >= 15 is 0 Å². The van der Waals surface area contributed by atoms with Crippen molar-refractivity contribution in [3.8, 4) is 0 Å². The van der Waals surface area contributed by atoms with E-state index in [2.05, 4.69) is 12.4 Å². The van der Waals surface area contributed by atoms with Gasteiger partial charge in [0.05, 0.1) is 13.2 Å². The maximum atomic E-state index is 5.22. The Hall–Kier alpha value is 0.230. The minimum Gasteiger partial charge on any atom is -0.382 e. The standard InChI is InChI=1S/C8H17NO2S/c1-7-5-8(6-12-7)9-11-4-3-10-2/h7-9H,3-6H2,1-2H3. The molecule has 1 N–H and O–H groups in total. The molecule has 1 aliphatic rings. The average molecular weight is 191 g/mol. The van der Waals surface area contributed by atoms with E-state index in [-0.39, 0.29) is 0 Å². The van der Waals surface area contributed by atoms with Gasteiger partial charge in [-0.3, -0.25) is 4.84 Å². The van der Waals surface area contributed by atoms with Crippen molar-refractivity contribution < 1.29 is 9.57 Å². The van der Waals surface area contributed by atoms with Gasteiger partial charge in [-0.2, -0.15) is 17.2 Å². The number of hydrogen-bond donors (Lipinski definition) is 1. The highest BCUT2D eigenvalue weighted by molar-refractivity contribution is 8.00. The van der Waals surface area contributed by atoms with Crippen LogP contribution < -0.4 is 5.48 Å². The first-order valence-electron chi connectivity index (χ1n) is 4.30. The molecule has 1 heterocycles. The second-order valence-electron chi connectivity index (χ2n) is 3.04. The summed E-state index contributed by atoms with van der Waals surface area (Å²) in [7, 11) is 1.68.